The molecule has 0 unspecified atom stereocenters. The minimum Gasteiger partial charge on any atom is -0.346 e. The van der Waals surface area contributed by atoms with E-state index in [1.807, 2.05) is 37.6 Å². The summed E-state index contributed by atoms with van der Waals surface area (Å²) in [5.74, 6) is 0.443. The average molecular weight is 287 g/mol. The quantitative estimate of drug-likeness (QED) is 0.882. The molecule has 1 aliphatic carbocycles. The molecule has 0 radical (unpaired) electrons. The fourth-order valence-corrected chi connectivity index (χ4v) is 2.52. The van der Waals surface area contributed by atoms with E-state index in [-0.39, 0.29) is 11.9 Å². The lowest BCUT2D eigenvalue weighted by molar-refractivity contribution is 0.0930. The van der Waals surface area contributed by atoms with Crippen molar-refractivity contribution in [3.63, 3.8) is 0 Å². The van der Waals surface area contributed by atoms with Crippen LogP contribution >= 0.6 is 0 Å². The van der Waals surface area contributed by atoms with Gasteiger partial charge in [-0.25, -0.2) is 0 Å². The molecule has 0 aromatic carbocycles. The van der Waals surface area contributed by atoms with Gasteiger partial charge >= 0.3 is 0 Å². The monoisotopic (exact) mass is 287 g/mol. The van der Waals surface area contributed by atoms with Gasteiger partial charge in [-0.2, -0.15) is 10.2 Å². The topological polar surface area (TPSA) is 75.6 Å². The van der Waals surface area contributed by atoms with Gasteiger partial charge in [0.2, 0.25) is 0 Å². The highest BCUT2D eigenvalue weighted by Gasteiger charge is 2.26. The van der Waals surface area contributed by atoms with Crippen molar-refractivity contribution >= 4 is 5.91 Å². The van der Waals surface area contributed by atoms with Crippen LogP contribution in [0.1, 0.15) is 53.3 Å². The largest absolute Gasteiger partial charge is 0.346 e. The highest BCUT2D eigenvalue weighted by Crippen LogP contribution is 2.38. The molecule has 2 heterocycles. The molecule has 1 aliphatic rings. The van der Waals surface area contributed by atoms with Crippen LogP contribution in [0.5, 0.6) is 0 Å². The minimum atomic E-state index is -0.132. The summed E-state index contributed by atoms with van der Waals surface area (Å²) in [7, 11) is 0. The van der Waals surface area contributed by atoms with Crippen molar-refractivity contribution < 1.29 is 4.79 Å². The zero-order valence-electron chi connectivity index (χ0n) is 12.7. The predicted octanol–water partition coefficient (Wildman–Crippen LogP) is 1.92. The van der Waals surface area contributed by atoms with Gasteiger partial charge in [0.05, 0.1) is 12.2 Å². The Kier molecular flexibility index (Phi) is 3.53. The predicted molar refractivity (Wildman–Crippen MR) is 79.2 cm³/mol. The van der Waals surface area contributed by atoms with Crippen LogP contribution in [0.2, 0.25) is 0 Å². The molecule has 0 spiro atoms. The average Bonchev–Trinajstić information content (AvgIpc) is 3.05. The number of aromatic amines is 1. The van der Waals surface area contributed by atoms with E-state index in [9.17, 15) is 4.79 Å². The lowest BCUT2D eigenvalue weighted by Crippen LogP contribution is -2.36. The Bertz CT molecular complexity index is 653. The van der Waals surface area contributed by atoms with Crippen LogP contribution in [-0.2, 0) is 6.54 Å². The molecule has 1 fully saturated rings. The third-order valence-electron chi connectivity index (χ3n) is 3.78. The highest BCUT2D eigenvalue weighted by atomic mass is 16.2. The normalized spacial score (nSPS) is 16.0. The molecule has 1 saturated carbocycles. The molecule has 1 atom stereocenters. The second-order valence-corrected chi connectivity index (χ2v) is 5.97. The van der Waals surface area contributed by atoms with Crippen molar-refractivity contribution in [1.82, 2.24) is 25.3 Å². The smallest absolute Gasteiger partial charge is 0.272 e. The van der Waals surface area contributed by atoms with Gasteiger partial charge in [-0.05, 0) is 45.7 Å². The lowest BCUT2D eigenvalue weighted by Gasteiger charge is -2.14. The van der Waals surface area contributed by atoms with E-state index in [1.165, 1.54) is 12.8 Å². The molecule has 0 bridgehead atoms. The number of hydrogen-bond donors (Lipinski definition) is 2. The van der Waals surface area contributed by atoms with Crippen LogP contribution in [0.4, 0.5) is 0 Å². The maximum atomic E-state index is 12.2. The molecule has 1 amide bonds. The van der Waals surface area contributed by atoms with E-state index >= 15 is 0 Å². The Morgan fingerprint density at radius 2 is 2.24 bits per heavy atom. The molecule has 6 nitrogen and oxygen atoms in total. The van der Waals surface area contributed by atoms with Crippen LogP contribution in [0.25, 0.3) is 0 Å². The Morgan fingerprint density at radius 1 is 1.48 bits per heavy atom. The van der Waals surface area contributed by atoms with Crippen molar-refractivity contribution in [3.05, 3.63) is 34.9 Å². The first-order chi connectivity index (χ1) is 10.0. The minimum absolute atomic E-state index is 0.00317. The first-order valence-electron chi connectivity index (χ1n) is 7.40. The molecule has 21 heavy (non-hydrogen) atoms. The number of carbonyl (C=O) groups is 1. The third-order valence-corrected chi connectivity index (χ3v) is 3.78. The SMILES string of the molecule is Cc1cc(C)n(C[C@H](C)NC(=O)c2cc(C3CC3)[nH]n2)n1. The molecule has 0 saturated heterocycles. The molecule has 112 valence electrons. The third kappa shape index (κ3) is 3.15. The maximum absolute atomic E-state index is 12.2. The summed E-state index contributed by atoms with van der Waals surface area (Å²) in [6.45, 7) is 6.62. The Morgan fingerprint density at radius 3 is 2.86 bits per heavy atom. The van der Waals surface area contributed by atoms with Gasteiger partial charge in [-0.1, -0.05) is 0 Å². The Labute approximate surface area is 123 Å². The summed E-state index contributed by atoms with van der Waals surface area (Å²) in [6.07, 6.45) is 2.38. The summed E-state index contributed by atoms with van der Waals surface area (Å²) < 4.78 is 1.92. The maximum Gasteiger partial charge on any atom is 0.272 e. The van der Waals surface area contributed by atoms with Crippen LogP contribution < -0.4 is 5.32 Å². The van der Waals surface area contributed by atoms with Crippen LogP contribution in [0, 0.1) is 13.8 Å². The van der Waals surface area contributed by atoms with Crippen molar-refractivity contribution in [2.75, 3.05) is 0 Å². The second kappa shape index (κ2) is 5.35. The molecule has 2 aromatic heterocycles. The first-order valence-corrected chi connectivity index (χ1v) is 7.40. The van der Waals surface area contributed by atoms with E-state index < -0.39 is 0 Å². The zero-order chi connectivity index (χ0) is 15.0. The number of H-pyrrole nitrogens is 1. The van der Waals surface area contributed by atoms with E-state index in [2.05, 4.69) is 20.6 Å². The fraction of sp³-hybridized carbons (Fsp3) is 0.533. The molecular formula is C15H21N5O. The Hall–Kier alpha value is -2.11. The number of carbonyl (C=O) groups excluding carboxylic acids is 1. The molecule has 0 aliphatic heterocycles. The van der Waals surface area contributed by atoms with Gasteiger partial charge in [0.1, 0.15) is 5.69 Å². The fourth-order valence-electron chi connectivity index (χ4n) is 2.52. The Balaban J connectivity index is 1.59. The molecule has 3 rings (SSSR count). The summed E-state index contributed by atoms with van der Waals surface area (Å²) in [5, 5.41) is 14.4. The van der Waals surface area contributed by atoms with Gasteiger partial charge in [0.15, 0.2) is 0 Å². The molecule has 2 aromatic rings. The lowest BCUT2D eigenvalue weighted by atomic mass is 10.2. The van der Waals surface area contributed by atoms with Crippen LogP contribution in [-0.4, -0.2) is 31.9 Å². The number of amides is 1. The van der Waals surface area contributed by atoms with E-state index in [0.29, 0.717) is 18.2 Å². The number of rotatable bonds is 5. The van der Waals surface area contributed by atoms with Crippen LogP contribution in [0.3, 0.4) is 0 Å². The van der Waals surface area contributed by atoms with Gasteiger partial charge in [-0.15, -0.1) is 0 Å². The van der Waals surface area contributed by atoms with Gasteiger partial charge in [0, 0.05) is 23.3 Å². The van der Waals surface area contributed by atoms with E-state index in [1.54, 1.807) is 0 Å². The molecule has 2 N–H and O–H groups in total. The van der Waals surface area contributed by atoms with E-state index in [0.717, 1.165) is 17.1 Å². The number of nitrogens with zero attached hydrogens (tertiary/aromatic N) is 3. The van der Waals surface area contributed by atoms with Gasteiger partial charge in [-0.3, -0.25) is 14.6 Å². The molecule has 6 heteroatoms. The van der Waals surface area contributed by atoms with Gasteiger partial charge < -0.3 is 5.32 Å². The summed E-state index contributed by atoms with van der Waals surface area (Å²) in [6, 6.07) is 3.89. The first kappa shape index (κ1) is 13.9. The van der Waals surface area contributed by atoms with Crippen LogP contribution in [0.15, 0.2) is 12.1 Å². The standard InChI is InChI=1S/C15H21N5O/c1-9-6-11(3)20(19-9)8-10(2)16-15(21)14-7-13(17-18-14)12-4-5-12/h6-7,10,12H,4-5,8H2,1-3H3,(H,16,21)(H,17,18)/t10-/m0/s1. The van der Waals surface area contributed by atoms with Crippen molar-refractivity contribution in [2.24, 2.45) is 0 Å². The summed E-state index contributed by atoms with van der Waals surface area (Å²) in [4.78, 5) is 12.2. The van der Waals surface area contributed by atoms with Crippen molar-refractivity contribution in [1.29, 1.82) is 0 Å². The van der Waals surface area contributed by atoms with Gasteiger partial charge in [0.25, 0.3) is 5.91 Å². The highest BCUT2D eigenvalue weighted by molar-refractivity contribution is 5.92. The summed E-state index contributed by atoms with van der Waals surface area (Å²) >= 11 is 0. The van der Waals surface area contributed by atoms with Crippen molar-refractivity contribution in [2.45, 2.75) is 52.1 Å². The second-order valence-electron chi connectivity index (χ2n) is 5.97. The number of hydrogen-bond acceptors (Lipinski definition) is 3. The van der Waals surface area contributed by atoms with Crippen molar-refractivity contribution in [3.8, 4) is 0 Å². The zero-order valence-corrected chi connectivity index (χ0v) is 12.7. The summed E-state index contributed by atoms with van der Waals surface area (Å²) in [5.41, 5.74) is 3.64. The number of aromatic nitrogens is 4. The molecular weight excluding hydrogens is 266 g/mol. The van der Waals surface area contributed by atoms with E-state index in [4.69, 9.17) is 0 Å². The number of aryl methyl sites for hydroxylation is 2. The number of nitrogens with one attached hydrogen (secondary N) is 2.